The van der Waals surface area contributed by atoms with Gasteiger partial charge in [-0.3, -0.25) is 0 Å². The molecule has 0 saturated carbocycles. The SMILES string of the molecule is c1cn2cc([C@@H]3CCN3)ccc2n1. The molecule has 0 aromatic carbocycles. The molecule has 0 radical (unpaired) electrons. The van der Waals surface area contributed by atoms with Gasteiger partial charge < -0.3 is 9.72 Å². The smallest absolute Gasteiger partial charge is 0.136 e. The quantitative estimate of drug-likeness (QED) is 0.705. The molecule has 0 unspecified atom stereocenters. The molecule has 1 N–H and O–H groups in total. The minimum Gasteiger partial charge on any atom is -0.310 e. The van der Waals surface area contributed by atoms with E-state index in [1.807, 2.05) is 12.4 Å². The minimum absolute atomic E-state index is 0.562. The van der Waals surface area contributed by atoms with Crippen LogP contribution in [0.15, 0.2) is 30.7 Å². The third kappa shape index (κ3) is 1.04. The maximum Gasteiger partial charge on any atom is 0.136 e. The first-order valence-corrected chi connectivity index (χ1v) is 4.59. The highest BCUT2D eigenvalue weighted by Crippen LogP contribution is 2.22. The van der Waals surface area contributed by atoms with E-state index in [-0.39, 0.29) is 0 Å². The van der Waals surface area contributed by atoms with Gasteiger partial charge in [-0.05, 0) is 24.6 Å². The topological polar surface area (TPSA) is 29.3 Å². The van der Waals surface area contributed by atoms with Crippen LogP contribution in [0.1, 0.15) is 18.0 Å². The van der Waals surface area contributed by atoms with Gasteiger partial charge in [0.2, 0.25) is 0 Å². The van der Waals surface area contributed by atoms with Crippen LogP contribution >= 0.6 is 0 Å². The standard InChI is InChI=1S/C10H11N3/c1-2-10-12-5-6-13(10)7-8(1)9-3-4-11-9/h1-2,5-7,9,11H,3-4H2/t9-/m0/s1. The number of imidazole rings is 1. The highest BCUT2D eigenvalue weighted by Gasteiger charge is 2.18. The molecule has 2 aromatic heterocycles. The van der Waals surface area contributed by atoms with Gasteiger partial charge in [0.1, 0.15) is 5.65 Å². The third-order valence-electron chi connectivity index (χ3n) is 2.64. The first-order valence-electron chi connectivity index (χ1n) is 4.59. The number of pyridine rings is 1. The molecule has 3 nitrogen and oxygen atoms in total. The molecule has 3 heteroatoms. The van der Waals surface area contributed by atoms with E-state index in [1.165, 1.54) is 12.0 Å². The summed E-state index contributed by atoms with van der Waals surface area (Å²) in [5.74, 6) is 0. The molecule has 3 rings (SSSR count). The molecule has 0 aliphatic carbocycles. The Bertz CT molecular complexity index is 428. The van der Waals surface area contributed by atoms with Crippen molar-refractivity contribution in [3.05, 3.63) is 36.3 Å². The number of hydrogen-bond acceptors (Lipinski definition) is 2. The number of rotatable bonds is 1. The van der Waals surface area contributed by atoms with Crippen molar-refractivity contribution in [2.75, 3.05) is 6.54 Å². The van der Waals surface area contributed by atoms with Gasteiger partial charge in [-0.15, -0.1) is 0 Å². The second-order valence-electron chi connectivity index (χ2n) is 3.45. The summed E-state index contributed by atoms with van der Waals surface area (Å²) in [6.07, 6.45) is 7.21. The van der Waals surface area contributed by atoms with Gasteiger partial charge in [-0.2, -0.15) is 0 Å². The summed E-state index contributed by atoms with van der Waals surface area (Å²) < 4.78 is 2.06. The van der Waals surface area contributed by atoms with Gasteiger partial charge in [0, 0.05) is 24.6 Å². The van der Waals surface area contributed by atoms with Gasteiger partial charge in [0.05, 0.1) is 0 Å². The van der Waals surface area contributed by atoms with Gasteiger partial charge in [-0.1, -0.05) is 6.07 Å². The summed E-state index contributed by atoms with van der Waals surface area (Å²) in [5, 5.41) is 3.38. The molecule has 13 heavy (non-hydrogen) atoms. The Morgan fingerprint density at radius 2 is 2.38 bits per heavy atom. The second kappa shape index (κ2) is 2.57. The van der Waals surface area contributed by atoms with Crippen LogP contribution < -0.4 is 5.32 Å². The average molecular weight is 173 g/mol. The maximum absolute atomic E-state index is 4.21. The van der Waals surface area contributed by atoms with Crippen molar-refractivity contribution in [3.63, 3.8) is 0 Å². The average Bonchev–Trinajstić information content (AvgIpc) is 2.47. The van der Waals surface area contributed by atoms with Crippen molar-refractivity contribution in [3.8, 4) is 0 Å². The van der Waals surface area contributed by atoms with Crippen molar-refractivity contribution in [2.24, 2.45) is 0 Å². The van der Waals surface area contributed by atoms with E-state index in [9.17, 15) is 0 Å². The number of hydrogen-bond donors (Lipinski definition) is 1. The molecular weight excluding hydrogens is 162 g/mol. The zero-order chi connectivity index (χ0) is 8.67. The zero-order valence-corrected chi connectivity index (χ0v) is 7.27. The lowest BCUT2D eigenvalue weighted by atomic mass is 10.00. The van der Waals surface area contributed by atoms with Crippen LogP contribution in [0.2, 0.25) is 0 Å². The number of aromatic nitrogens is 2. The van der Waals surface area contributed by atoms with E-state index in [1.54, 1.807) is 0 Å². The summed E-state index contributed by atoms with van der Waals surface area (Å²) in [7, 11) is 0. The second-order valence-corrected chi connectivity index (χ2v) is 3.45. The lowest BCUT2D eigenvalue weighted by molar-refractivity contribution is 0.382. The maximum atomic E-state index is 4.21. The molecule has 0 amide bonds. The fraction of sp³-hybridized carbons (Fsp3) is 0.300. The molecule has 3 heterocycles. The first kappa shape index (κ1) is 7.09. The van der Waals surface area contributed by atoms with Crippen molar-refractivity contribution in [1.82, 2.24) is 14.7 Å². The highest BCUT2D eigenvalue weighted by atomic mass is 15.0. The van der Waals surface area contributed by atoms with Crippen LogP contribution in [0.25, 0.3) is 5.65 Å². The molecule has 2 aromatic rings. The Hall–Kier alpha value is -1.35. The van der Waals surface area contributed by atoms with Crippen LogP contribution in [-0.4, -0.2) is 15.9 Å². The lowest BCUT2D eigenvalue weighted by Gasteiger charge is -2.27. The summed E-state index contributed by atoms with van der Waals surface area (Å²) >= 11 is 0. The number of nitrogens with zero attached hydrogens (tertiary/aromatic N) is 2. The molecular formula is C10H11N3. The third-order valence-corrected chi connectivity index (χ3v) is 2.64. The molecule has 1 fully saturated rings. The fourth-order valence-corrected chi connectivity index (χ4v) is 1.72. The van der Waals surface area contributed by atoms with Crippen LogP contribution in [0.4, 0.5) is 0 Å². The summed E-state index contributed by atoms with van der Waals surface area (Å²) in [6.45, 7) is 1.15. The molecule has 1 saturated heterocycles. The predicted octanol–water partition coefficient (Wildman–Crippen LogP) is 1.37. The summed E-state index contributed by atoms with van der Waals surface area (Å²) in [4.78, 5) is 4.21. The lowest BCUT2D eigenvalue weighted by Crippen LogP contribution is -2.35. The van der Waals surface area contributed by atoms with Crippen LogP contribution in [0.3, 0.4) is 0 Å². The molecule has 1 aliphatic heterocycles. The number of fused-ring (bicyclic) bond motifs is 1. The van der Waals surface area contributed by atoms with E-state index in [2.05, 4.69) is 33.0 Å². The Morgan fingerprint density at radius 1 is 1.46 bits per heavy atom. The van der Waals surface area contributed by atoms with E-state index in [4.69, 9.17) is 0 Å². The molecule has 1 aliphatic rings. The van der Waals surface area contributed by atoms with Crippen molar-refractivity contribution < 1.29 is 0 Å². The largest absolute Gasteiger partial charge is 0.310 e. The van der Waals surface area contributed by atoms with Gasteiger partial charge in [0.15, 0.2) is 0 Å². The van der Waals surface area contributed by atoms with Crippen LogP contribution in [0.5, 0.6) is 0 Å². The summed E-state index contributed by atoms with van der Waals surface area (Å²) in [6, 6.07) is 4.78. The van der Waals surface area contributed by atoms with Crippen molar-refractivity contribution in [1.29, 1.82) is 0 Å². The Morgan fingerprint density at radius 3 is 3.15 bits per heavy atom. The van der Waals surface area contributed by atoms with E-state index >= 15 is 0 Å². The van der Waals surface area contributed by atoms with E-state index in [0.29, 0.717) is 6.04 Å². The zero-order valence-electron chi connectivity index (χ0n) is 7.27. The predicted molar refractivity (Wildman–Crippen MR) is 50.6 cm³/mol. The monoisotopic (exact) mass is 173 g/mol. The highest BCUT2D eigenvalue weighted by molar-refractivity contribution is 5.40. The van der Waals surface area contributed by atoms with Gasteiger partial charge >= 0.3 is 0 Å². The Labute approximate surface area is 76.4 Å². The molecule has 0 bridgehead atoms. The van der Waals surface area contributed by atoms with Gasteiger partial charge in [-0.25, -0.2) is 4.98 Å². The molecule has 1 atom stereocenters. The summed E-state index contributed by atoms with van der Waals surface area (Å²) in [5.41, 5.74) is 2.37. The minimum atomic E-state index is 0.562. The normalized spacial score (nSPS) is 21.7. The Balaban J connectivity index is 2.09. The first-order chi connectivity index (χ1) is 6.43. The van der Waals surface area contributed by atoms with E-state index in [0.717, 1.165) is 12.2 Å². The van der Waals surface area contributed by atoms with Crippen molar-refractivity contribution in [2.45, 2.75) is 12.5 Å². The molecule has 0 spiro atoms. The van der Waals surface area contributed by atoms with Crippen molar-refractivity contribution >= 4 is 5.65 Å². The molecule has 66 valence electrons. The Kier molecular flexibility index (Phi) is 1.40. The van der Waals surface area contributed by atoms with Gasteiger partial charge in [0.25, 0.3) is 0 Å². The number of nitrogens with one attached hydrogen (secondary N) is 1. The van der Waals surface area contributed by atoms with Crippen LogP contribution in [-0.2, 0) is 0 Å². The van der Waals surface area contributed by atoms with Crippen LogP contribution in [0, 0.1) is 0 Å². The fourth-order valence-electron chi connectivity index (χ4n) is 1.72. The van der Waals surface area contributed by atoms with E-state index < -0.39 is 0 Å².